The topological polar surface area (TPSA) is 0 Å². The van der Waals surface area contributed by atoms with Crippen LogP contribution >= 0.6 is 0 Å². The van der Waals surface area contributed by atoms with E-state index in [0.29, 0.717) is 5.92 Å². The molecule has 0 radical (unpaired) electrons. The smallest absolute Gasteiger partial charge is 1.00 e. The number of halogens is 2. The second-order valence-corrected chi connectivity index (χ2v) is 11.0. The van der Waals surface area contributed by atoms with Crippen LogP contribution in [0.4, 0.5) is 0 Å². The summed E-state index contributed by atoms with van der Waals surface area (Å²) in [5.41, 5.74) is 7.71. The van der Waals surface area contributed by atoms with Gasteiger partial charge in [0.25, 0.3) is 0 Å². The van der Waals surface area contributed by atoms with E-state index in [0.717, 1.165) is 0 Å². The van der Waals surface area contributed by atoms with Crippen molar-refractivity contribution < 1.29 is 46.1 Å². The molecule has 1 unspecified atom stereocenters. The van der Waals surface area contributed by atoms with Gasteiger partial charge in [0.1, 0.15) is 0 Å². The van der Waals surface area contributed by atoms with E-state index in [-0.39, 0.29) is 24.8 Å². The molecule has 0 bridgehead atoms. The molecule has 0 fully saturated rings. The van der Waals surface area contributed by atoms with Gasteiger partial charge in [-0.25, -0.2) is 0 Å². The van der Waals surface area contributed by atoms with Crippen molar-refractivity contribution in [2.24, 2.45) is 5.92 Å². The van der Waals surface area contributed by atoms with E-state index in [2.05, 4.69) is 51.8 Å². The van der Waals surface area contributed by atoms with Crippen LogP contribution in [0.2, 0.25) is 0 Å². The van der Waals surface area contributed by atoms with E-state index in [1.807, 2.05) is 0 Å². The van der Waals surface area contributed by atoms with Crippen LogP contribution in [0.15, 0.2) is 40.5 Å². The Labute approximate surface area is 144 Å². The molecule has 0 amide bonds. The van der Waals surface area contributed by atoms with Crippen LogP contribution in [0.1, 0.15) is 48.0 Å². The first-order chi connectivity index (χ1) is 8.34. The normalized spacial score (nSPS) is 21.4. The van der Waals surface area contributed by atoms with Crippen LogP contribution in [0.25, 0.3) is 0 Å². The molecule has 3 heteroatoms. The van der Waals surface area contributed by atoms with E-state index in [4.69, 9.17) is 0 Å². The molecule has 1 atom stereocenters. The maximum Gasteiger partial charge on any atom is -1.00 e. The van der Waals surface area contributed by atoms with Crippen molar-refractivity contribution in [3.05, 3.63) is 40.5 Å². The third-order valence-corrected chi connectivity index (χ3v) is 11.5. The first-order valence-electron chi connectivity index (χ1n) is 6.79. The van der Waals surface area contributed by atoms with Crippen molar-refractivity contribution in [3.63, 3.8) is 0 Å². The van der Waals surface area contributed by atoms with Gasteiger partial charge in [0, 0.05) is 0 Å². The Morgan fingerprint density at radius 1 is 1.05 bits per heavy atom. The zero-order valence-electron chi connectivity index (χ0n) is 13.3. The van der Waals surface area contributed by atoms with Gasteiger partial charge in [0.2, 0.25) is 0 Å². The SMILES string of the molecule is [CH2]=[Zr+2]([C]1=C(C)C=C(C)C1)[C]1=C(C)C(C)=C(C)C1C.[Cl-].[Cl-]. The first kappa shape index (κ1) is 20.3. The summed E-state index contributed by atoms with van der Waals surface area (Å²) in [5, 5.41) is 0. The number of rotatable bonds is 2. The molecule has 0 aromatic heterocycles. The predicted octanol–water partition coefficient (Wildman–Crippen LogP) is -1.07. The van der Waals surface area contributed by atoms with Crippen molar-refractivity contribution in [2.75, 3.05) is 0 Å². The van der Waals surface area contributed by atoms with Gasteiger partial charge in [-0.3, -0.25) is 0 Å². The molecule has 2 aliphatic rings. The Morgan fingerprint density at radius 2 is 1.60 bits per heavy atom. The third-order valence-electron chi connectivity index (χ3n) is 4.72. The molecular formula is C17H24Cl2Zr. The fraction of sp³-hybridized carbons (Fsp3) is 0.471. The van der Waals surface area contributed by atoms with Gasteiger partial charge < -0.3 is 24.8 Å². The van der Waals surface area contributed by atoms with Gasteiger partial charge in [-0.2, -0.15) is 0 Å². The van der Waals surface area contributed by atoms with Crippen molar-refractivity contribution >= 4 is 4.21 Å². The molecule has 2 aliphatic carbocycles. The molecule has 20 heavy (non-hydrogen) atoms. The van der Waals surface area contributed by atoms with Gasteiger partial charge in [-0.15, -0.1) is 0 Å². The Balaban J connectivity index is 0.00000180. The summed E-state index contributed by atoms with van der Waals surface area (Å²) in [4.78, 5) is 0. The molecule has 0 heterocycles. The van der Waals surface area contributed by atoms with Crippen LogP contribution in [0, 0.1) is 5.92 Å². The van der Waals surface area contributed by atoms with Crippen molar-refractivity contribution in [1.82, 2.24) is 0 Å². The predicted molar refractivity (Wildman–Crippen MR) is 78.4 cm³/mol. The molecule has 0 saturated carbocycles. The largest absolute Gasteiger partial charge is 1.00 e. The average molecular weight is 391 g/mol. The summed E-state index contributed by atoms with van der Waals surface area (Å²) in [7, 11) is 0. The summed E-state index contributed by atoms with van der Waals surface area (Å²) in [6, 6.07) is 0. The van der Waals surface area contributed by atoms with Gasteiger partial charge in [-0.1, -0.05) is 0 Å². The fourth-order valence-electron chi connectivity index (χ4n) is 3.28. The Hall–Kier alpha value is 0.293. The maximum absolute atomic E-state index is 4.68. The number of hydrogen-bond acceptors (Lipinski definition) is 0. The Bertz CT molecular complexity index is 560. The van der Waals surface area contributed by atoms with E-state index < -0.39 is 21.3 Å². The average Bonchev–Trinajstić information content (AvgIpc) is 2.73. The molecule has 0 aliphatic heterocycles. The second-order valence-electron chi connectivity index (χ2n) is 5.88. The Morgan fingerprint density at radius 3 is 1.95 bits per heavy atom. The Kier molecular flexibility index (Phi) is 7.63. The molecule has 0 nitrogen and oxygen atoms in total. The number of hydrogen-bond donors (Lipinski definition) is 0. The molecule has 0 saturated heterocycles. The van der Waals surface area contributed by atoms with E-state index in [1.54, 1.807) is 17.7 Å². The van der Waals surface area contributed by atoms with Crippen LogP contribution in [-0.4, -0.2) is 4.21 Å². The van der Waals surface area contributed by atoms with Gasteiger partial charge >= 0.3 is 120 Å². The summed E-state index contributed by atoms with van der Waals surface area (Å²) < 4.78 is 8.14. The zero-order valence-corrected chi connectivity index (χ0v) is 17.3. The van der Waals surface area contributed by atoms with Crippen molar-refractivity contribution in [2.45, 2.75) is 48.0 Å². The van der Waals surface area contributed by atoms with E-state index in [1.165, 1.54) is 23.1 Å². The fourth-order valence-corrected chi connectivity index (χ4v) is 10.0. The maximum atomic E-state index is 4.68. The second kappa shape index (κ2) is 7.52. The number of allylic oxidation sites excluding steroid dienone is 8. The standard InChI is InChI=1S/C9H13.C7H9.CH2.2ClH.Zr/c1-6-5-7(2)9(4)8(6)3;1-6-3-4-7(2)5-6;;;;/h6H,1-4H3;5H,3H2,1-2H3;1H2;2*1H;/q;;;;;+2/p-2. The summed E-state index contributed by atoms with van der Waals surface area (Å²) in [6.07, 6.45) is 3.56. The van der Waals surface area contributed by atoms with E-state index >= 15 is 0 Å². The van der Waals surface area contributed by atoms with Crippen molar-refractivity contribution in [3.8, 4) is 0 Å². The van der Waals surface area contributed by atoms with Crippen LogP contribution in [0.3, 0.4) is 0 Å². The molecule has 0 N–H and O–H groups in total. The van der Waals surface area contributed by atoms with Crippen LogP contribution in [0.5, 0.6) is 0 Å². The molecular weight excluding hydrogens is 366 g/mol. The third kappa shape index (κ3) is 3.37. The zero-order chi connectivity index (χ0) is 13.6. The molecule has 110 valence electrons. The minimum absolute atomic E-state index is 0. The molecule has 0 aromatic carbocycles. The molecule has 2 rings (SSSR count). The minimum atomic E-state index is -1.82. The van der Waals surface area contributed by atoms with Gasteiger partial charge in [0.15, 0.2) is 0 Å². The van der Waals surface area contributed by atoms with E-state index in [9.17, 15) is 0 Å². The molecule has 0 aromatic rings. The summed E-state index contributed by atoms with van der Waals surface area (Å²) in [6.45, 7) is 13.8. The van der Waals surface area contributed by atoms with Gasteiger partial charge in [-0.05, 0) is 0 Å². The van der Waals surface area contributed by atoms with Crippen LogP contribution in [-0.2, 0) is 21.3 Å². The van der Waals surface area contributed by atoms with Gasteiger partial charge in [0.05, 0.1) is 0 Å². The monoisotopic (exact) mass is 388 g/mol. The summed E-state index contributed by atoms with van der Waals surface area (Å²) in [5.74, 6) is 0.651. The van der Waals surface area contributed by atoms with Crippen LogP contribution < -0.4 is 24.8 Å². The minimum Gasteiger partial charge on any atom is -1.00 e. The quantitative estimate of drug-likeness (QED) is 0.563. The summed E-state index contributed by atoms with van der Waals surface area (Å²) >= 11 is -1.82. The van der Waals surface area contributed by atoms with Crippen molar-refractivity contribution in [1.29, 1.82) is 0 Å². The molecule has 0 spiro atoms. The first-order valence-corrected chi connectivity index (χ1v) is 11.0.